The Hall–Kier alpha value is -4.99. The zero-order valence-corrected chi connectivity index (χ0v) is 84.9. The molecule has 0 aromatic rings. The summed E-state index contributed by atoms with van der Waals surface area (Å²) in [5.74, 6) is -5.53. The fourth-order valence-corrected chi connectivity index (χ4v) is 24.9. The van der Waals surface area contributed by atoms with Crippen molar-refractivity contribution in [2.24, 2.45) is 50.2 Å². The topological polar surface area (TPSA) is 744 Å². The molecule has 0 aromatic carbocycles. The van der Waals surface area contributed by atoms with E-state index in [-0.39, 0.29) is 67.8 Å². The van der Waals surface area contributed by atoms with Crippen molar-refractivity contribution in [1.29, 1.82) is 0 Å². The van der Waals surface area contributed by atoms with E-state index >= 15 is 9.59 Å². The van der Waals surface area contributed by atoms with E-state index < -0.39 is 384 Å². The van der Waals surface area contributed by atoms with Gasteiger partial charge in [0.1, 0.15) is 176 Å². The summed E-state index contributed by atoms with van der Waals surface area (Å²) < 4.78 is 111. The number of amides is 1. The Kier molecular flexibility index (Phi) is 38.2. The number of hydrogen-bond acceptors (Lipinski definition) is 47. The van der Waals surface area contributed by atoms with Crippen LogP contribution >= 0.6 is 0 Å². The van der Waals surface area contributed by atoms with Gasteiger partial charge in [-0.3, -0.25) is 14.8 Å². The number of nitrogens with one attached hydrogen (secondary N) is 1. The first-order chi connectivity index (χ1) is 68.9. The van der Waals surface area contributed by atoms with E-state index in [0.717, 1.165) is 0 Å². The van der Waals surface area contributed by atoms with Crippen LogP contribution in [0.15, 0.2) is 72.6 Å². The van der Waals surface area contributed by atoms with Crippen LogP contribution in [0.4, 0.5) is 0 Å². The Morgan fingerprint density at radius 1 is 0.503 bits per heavy atom. The lowest BCUT2D eigenvalue weighted by atomic mass is 9.32. The van der Waals surface area contributed by atoms with E-state index in [4.69, 9.17) is 90.2 Å². The summed E-state index contributed by atoms with van der Waals surface area (Å²) in [5, 5.41) is 284. The van der Waals surface area contributed by atoms with Gasteiger partial charge in [-0.1, -0.05) is 91.0 Å². The highest BCUT2D eigenvalue weighted by molar-refractivity contribution is 5.89. The molecule has 1 amide bonds. The highest BCUT2D eigenvalue weighted by Crippen LogP contribution is 2.77. The summed E-state index contributed by atoms with van der Waals surface area (Å²) in [6, 6.07) is -1.44. The molecule has 51 atom stereocenters. The highest BCUT2D eigenvalue weighted by Gasteiger charge is 2.76. The summed E-state index contributed by atoms with van der Waals surface area (Å²) in [6.45, 7) is 28.0. The van der Waals surface area contributed by atoms with Crippen molar-refractivity contribution in [2.75, 3.05) is 46.2 Å². The van der Waals surface area contributed by atoms with Gasteiger partial charge >= 0.3 is 11.9 Å². The lowest BCUT2D eigenvalue weighted by molar-refractivity contribution is -0.390. The minimum Gasteiger partial charge on any atom is -0.485 e. The maximum Gasteiger partial charge on any atom is 0.336 e. The first-order valence-electron chi connectivity index (χ1n) is 50.4. The Morgan fingerprint density at radius 2 is 1.02 bits per heavy atom. The van der Waals surface area contributed by atoms with E-state index in [1.807, 2.05) is 27.7 Å². The van der Waals surface area contributed by atoms with Gasteiger partial charge in [-0.25, -0.2) is 9.68 Å². The molecule has 0 radical (unpaired) electrons. The number of carbonyl (C=O) groups is 3. The first kappa shape index (κ1) is 119. The van der Waals surface area contributed by atoms with Crippen molar-refractivity contribution in [1.82, 2.24) is 5.32 Å². The minimum absolute atomic E-state index is 0.0417. The van der Waals surface area contributed by atoms with Crippen LogP contribution < -0.4 is 5.32 Å². The maximum absolute atomic E-state index is 17.0. The van der Waals surface area contributed by atoms with Gasteiger partial charge < -0.3 is 213 Å². The van der Waals surface area contributed by atoms with Gasteiger partial charge in [0.05, 0.1) is 93.5 Å². The van der Waals surface area contributed by atoms with E-state index in [9.17, 15) is 133 Å². The summed E-state index contributed by atoms with van der Waals surface area (Å²) in [5.41, 5.74) is -10.1. The molecule has 48 nitrogen and oxygen atoms in total. The van der Waals surface area contributed by atoms with Gasteiger partial charge in [0, 0.05) is 30.3 Å². The zero-order valence-electron chi connectivity index (χ0n) is 84.9. The van der Waals surface area contributed by atoms with E-state index in [1.165, 1.54) is 39.0 Å². The minimum atomic E-state index is -2.39. The predicted octanol–water partition coefficient (Wildman–Crippen LogP) is -5.46. The van der Waals surface area contributed by atoms with Crippen molar-refractivity contribution in [3.05, 3.63) is 72.6 Å². The monoisotopic (exact) mass is 2110 g/mol. The molecule has 0 bridgehead atoms. The van der Waals surface area contributed by atoms with Crippen molar-refractivity contribution in [2.45, 2.75) is 430 Å². The molecule has 18 unspecified atom stereocenters. The molecule has 13 aliphatic rings. The summed E-state index contributed by atoms with van der Waals surface area (Å²) in [6.07, 6.45) is -63.5. The fraction of sp³-hybridized carbons (Fsp3) is 0.848. The predicted molar refractivity (Wildman–Crippen MR) is 497 cm³/mol. The number of allylic oxidation sites excluding steroid dienone is 3. The zero-order chi connectivity index (χ0) is 108. The van der Waals surface area contributed by atoms with Crippen molar-refractivity contribution >= 4 is 17.8 Å². The molecule has 4 saturated carbocycles. The molecular weight excluding hydrogens is 1960 g/mol. The third-order valence-electron chi connectivity index (χ3n) is 34.1. The van der Waals surface area contributed by atoms with Gasteiger partial charge in [0.25, 0.3) is 0 Å². The molecule has 12 fully saturated rings. The van der Waals surface area contributed by atoms with E-state index in [2.05, 4.69) is 32.0 Å². The number of carbonyl (C=O) groups excluding carboxylic acids is 3. The summed E-state index contributed by atoms with van der Waals surface area (Å²) in [4.78, 5) is 51.1. The molecule has 147 heavy (non-hydrogen) atoms. The third kappa shape index (κ3) is 23.3. The highest BCUT2D eigenvalue weighted by atomic mass is 17.1. The lowest BCUT2D eigenvalue weighted by Crippen LogP contribution is -2.71. The molecule has 8 aliphatic heterocycles. The van der Waals surface area contributed by atoms with Crippen LogP contribution in [0.1, 0.15) is 161 Å². The van der Waals surface area contributed by atoms with Gasteiger partial charge in [0.2, 0.25) is 12.2 Å². The maximum atomic E-state index is 17.0. The smallest absolute Gasteiger partial charge is 0.336 e. The molecule has 8 saturated heterocycles. The van der Waals surface area contributed by atoms with Crippen LogP contribution in [0, 0.1) is 50.2 Å². The Morgan fingerprint density at radius 3 is 1.63 bits per heavy atom. The quantitative estimate of drug-likeness (QED) is 0.00403. The van der Waals surface area contributed by atoms with E-state index in [0.29, 0.717) is 24.8 Å². The number of rotatable bonds is 37. The number of aliphatic hydroxyl groups excluding tert-OH is 23. The second kappa shape index (κ2) is 47.2. The Bertz CT molecular complexity index is 4550. The Balaban J connectivity index is 0.802. The third-order valence-corrected chi connectivity index (χ3v) is 34.1. The molecule has 0 aromatic heterocycles. The lowest BCUT2D eigenvalue weighted by Gasteiger charge is -2.72. The molecule has 48 heteroatoms. The van der Waals surface area contributed by atoms with Gasteiger partial charge in [0.15, 0.2) is 56.2 Å². The number of hydrogen-bond donors (Lipinski definition) is 26. The molecule has 0 spiro atoms. The average Bonchev–Trinajstić information content (AvgIpc) is 0.701. The second-order valence-electron chi connectivity index (χ2n) is 44.5. The fourth-order valence-electron chi connectivity index (χ4n) is 24.9. The normalized spacial score (nSPS) is 47.7. The molecule has 26 N–H and O–H groups in total. The largest absolute Gasteiger partial charge is 0.485 e. The molecule has 5 aliphatic carbocycles. The van der Waals surface area contributed by atoms with Crippen LogP contribution in [0.3, 0.4) is 0 Å². The number of aliphatic hydroxyl groups is 24. The number of esters is 2. The molecular formula is C99H157NO47. The van der Waals surface area contributed by atoms with Crippen molar-refractivity contribution in [3.8, 4) is 0 Å². The second-order valence-corrected chi connectivity index (χ2v) is 44.5. The SMILES string of the molecule is C=CC(C)(O)CC/C=C(\CO)C(=C)O[C@@H]1C(C)O[C@@H](O[C@](C)(C=C)CC/C=C(\CO)C(=O)O[C@H]2C[C@@]3(C(=O)O[C@@H]4OC(CO)[C@@H](O)[C@H](O)C4O[C@@H]4OC(C)[C@H](O[C@@H]5O[C@@H](CO)[C@@H](O)[C@@H]5O)C(O[C@@H]5OC(CO)[C@@H](O)[C@H](O)C5O)[C@@H]4O)C(CC2(C)C)C2=CC(OO)C4[C@@]5(C)CC[C@H](O[C@@H]6OC(CO[C@@H]7OC(C)[C@H](O)[C@H](O)C7O[C@@H]7OC[C@@H](O)[C@H](O)C7O)[C@@H](O)[C@H](O)C6NC(C)=O)C(C)(C)C5CC[C@@]4(C)[C@]2(C)C[C@H]3O)C(O)[C@H]1O. The van der Waals surface area contributed by atoms with Crippen molar-refractivity contribution in [3.63, 3.8) is 0 Å². The van der Waals surface area contributed by atoms with Crippen LogP contribution in [0.25, 0.3) is 0 Å². The first-order valence-corrected chi connectivity index (χ1v) is 50.4. The van der Waals surface area contributed by atoms with Gasteiger partial charge in [-0.15, -0.1) is 13.2 Å². The van der Waals surface area contributed by atoms with Gasteiger partial charge in [-0.05, 0) is 132 Å². The standard InChI is InChI=1S/C99H157NO47/c1-17-94(12,127)25-19-21-45(33-101)40(3)131-76-42(5)134-88(74(123)70(76)119)146-95(13,18-2)26-20-22-46(34-102)82(125)139-58-32-99(91(126)145-90-80(69(118)63(112)52(36-104)137-90)144-87-75(124)78(142-86-73(122)67(116)62(111)51(35-103)135-86)77(43(6)133-87)141-85-72(121)64(113)53(37-105)136-85)48(30-92(58,8)9)47-29-50(147-128)81-96(14)27-24-57(93(10,11)55(96)23-28-97(81,15)98(47,16)31-56(99)108)140-83-59(100-44(7)106)66(115)65(114)54(138-83)39-130-89-79(68(117)60(109)41(4)132-89)143-84-71(120)61(110)49(107)38-129-84/h17-18,21-22,29,41-43,48-81,83-90,101-105,107-124,127-128H,1-3,19-20,23-28,30-39H2,4-16H3,(H,100,106)/b45-21+,46-22+/t41?,42?,43?,48?,49-,50?,51?,52?,53+,54?,55?,56-,57+,58+,59?,60+,61+,62-,63-,64-,65-,66-,67+,68+,69+,70-,71?,72+,73?,74?,75+,76-,77+,78?,79?,80?,81?,83+,84+,85+,86+,87+,88+,89-,90+,94?,95-,96+,97-,98-,99-/m1/s1. The average molecular weight is 2110 g/mol. The Labute approximate surface area is 850 Å². The molecule has 13 rings (SSSR count). The van der Waals surface area contributed by atoms with Crippen LogP contribution in [-0.4, -0.2) is 461 Å². The number of ether oxygens (including phenoxy) is 18. The van der Waals surface area contributed by atoms with Crippen LogP contribution in [-0.2, 0) is 105 Å². The molecule has 840 valence electrons. The van der Waals surface area contributed by atoms with Crippen LogP contribution in [0.5, 0.6) is 0 Å². The molecule has 8 heterocycles. The summed E-state index contributed by atoms with van der Waals surface area (Å²) in [7, 11) is 0. The van der Waals surface area contributed by atoms with E-state index in [1.54, 1.807) is 46.8 Å². The summed E-state index contributed by atoms with van der Waals surface area (Å²) >= 11 is 0. The van der Waals surface area contributed by atoms with Crippen LogP contribution in [0.2, 0.25) is 0 Å². The number of fused-ring (bicyclic) bond motifs is 7. The van der Waals surface area contributed by atoms with Gasteiger partial charge in [-0.2, -0.15) is 0 Å². The van der Waals surface area contributed by atoms with Crippen molar-refractivity contribution < 1.29 is 232 Å².